The molecular weight excluding hydrogens is 359 g/mol. The molecule has 1 aliphatic rings. The fourth-order valence-electron chi connectivity index (χ4n) is 2.64. The minimum absolute atomic E-state index is 0.0250. The third-order valence-corrected chi connectivity index (χ3v) is 4.14. The van der Waals surface area contributed by atoms with Crippen LogP contribution in [0.5, 0.6) is 5.75 Å². The first-order valence-electron chi connectivity index (χ1n) is 9.16. The monoisotopic (exact) mass is 382 g/mol. The van der Waals surface area contributed by atoms with Crippen molar-refractivity contribution in [1.29, 1.82) is 0 Å². The fraction of sp³-hybridized carbons (Fsp3) is 0.364. The molecule has 146 valence electrons. The molecule has 0 bridgehead atoms. The first-order chi connectivity index (χ1) is 13.3. The van der Waals surface area contributed by atoms with Crippen LogP contribution in [0.3, 0.4) is 0 Å². The molecule has 1 aromatic heterocycles. The number of benzene rings is 1. The SMILES string of the molecule is CC(C)(C)OC(=O)N1CC[C@H]1COc1cncc(C#Cc2ccccc2F)c1. The van der Waals surface area contributed by atoms with Crippen molar-refractivity contribution in [3.05, 3.63) is 59.7 Å². The van der Waals surface area contributed by atoms with Crippen LogP contribution in [0, 0.1) is 17.7 Å². The van der Waals surface area contributed by atoms with Gasteiger partial charge in [-0.2, -0.15) is 0 Å². The first kappa shape index (κ1) is 19.7. The van der Waals surface area contributed by atoms with Crippen molar-refractivity contribution in [2.75, 3.05) is 13.2 Å². The Labute approximate surface area is 164 Å². The smallest absolute Gasteiger partial charge is 0.410 e. The van der Waals surface area contributed by atoms with Crippen LogP contribution in [-0.2, 0) is 4.74 Å². The number of nitrogens with zero attached hydrogens (tertiary/aromatic N) is 2. The van der Waals surface area contributed by atoms with Crippen LogP contribution >= 0.6 is 0 Å². The average Bonchev–Trinajstić information content (AvgIpc) is 2.59. The van der Waals surface area contributed by atoms with E-state index < -0.39 is 5.60 Å². The van der Waals surface area contributed by atoms with Gasteiger partial charge < -0.3 is 14.4 Å². The number of carbonyl (C=O) groups is 1. The number of amides is 1. The molecule has 1 saturated heterocycles. The Kier molecular flexibility index (Phi) is 5.84. The van der Waals surface area contributed by atoms with Crippen LogP contribution in [0.2, 0.25) is 0 Å². The van der Waals surface area contributed by atoms with Crippen molar-refractivity contribution in [1.82, 2.24) is 9.88 Å². The highest BCUT2D eigenvalue weighted by atomic mass is 19.1. The van der Waals surface area contributed by atoms with Crippen molar-refractivity contribution in [2.24, 2.45) is 0 Å². The van der Waals surface area contributed by atoms with Gasteiger partial charge in [0.1, 0.15) is 23.8 Å². The highest BCUT2D eigenvalue weighted by Gasteiger charge is 2.35. The molecule has 0 radical (unpaired) electrons. The van der Waals surface area contributed by atoms with Gasteiger partial charge in [-0.25, -0.2) is 9.18 Å². The summed E-state index contributed by atoms with van der Waals surface area (Å²) in [5.41, 5.74) is 0.433. The maximum atomic E-state index is 13.6. The molecule has 1 atom stereocenters. The standard InChI is InChI=1S/C22H23FN2O3/c1-22(2,3)28-21(26)25-11-10-18(25)15-27-19-12-16(13-24-14-19)8-9-17-6-4-5-7-20(17)23/h4-7,12-14,18H,10-11,15H2,1-3H3/t18-/m0/s1. The third-order valence-electron chi connectivity index (χ3n) is 4.14. The topological polar surface area (TPSA) is 51.7 Å². The number of halogens is 1. The number of hydrogen-bond donors (Lipinski definition) is 0. The third kappa shape index (κ3) is 5.23. The molecule has 5 nitrogen and oxygen atoms in total. The van der Waals surface area contributed by atoms with Gasteiger partial charge in [-0.1, -0.05) is 24.0 Å². The van der Waals surface area contributed by atoms with Crippen molar-refractivity contribution >= 4 is 6.09 Å². The summed E-state index contributed by atoms with van der Waals surface area (Å²) in [5, 5.41) is 0. The number of pyridine rings is 1. The zero-order valence-electron chi connectivity index (χ0n) is 16.2. The van der Waals surface area contributed by atoms with Crippen molar-refractivity contribution in [2.45, 2.75) is 38.8 Å². The molecule has 28 heavy (non-hydrogen) atoms. The molecule has 1 aliphatic heterocycles. The molecular formula is C22H23FN2O3. The van der Waals surface area contributed by atoms with Crippen LogP contribution in [0.4, 0.5) is 9.18 Å². The Hall–Kier alpha value is -3.07. The second kappa shape index (κ2) is 8.30. The van der Waals surface area contributed by atoms with Crippen LogP contribution in [0.1, 0.15) is 38.3 Å². The lowest BCUT2D eigenvalue weighted by Crippen LogP contribution is -2.55. The van der Waals surface area contributed by atoms with Crippen molar-refractivity contribution < 1.29 is 18.7 Å². The van der Waals surface area contributed by atoms with Crippen molar-refractivity contribution in [3.63, 3.8) is 0 Å². The van der Waals surface area contributed by atoms with Gasteiger partial charge in [-0.3, -0.25) is 4.98 Å². The molecule has 0 aliphatic carbocycles. The van der Waals surface area contributed by atoms with Gasteiger partial charge in [0.05, 0.1) is 17.8 Å². The lowest BCUT2D eigenvalue weighted by molar-refractivity contribution is -0.0141. The molecule has 0 N–H and O–H groups in total. The fourth-order valence-corrected chi connectivity index (χ4v) is 2.64. The maximum absolute atomic E-state index is 13.6. The Morgan fingerprint density at radius 2 is 2.07 bits per heavy atom. The van der Waals surface area contributed by atoms with Gasteiger partial charge in [-0.15, -0.1) is 0 Å². The number of likely N-dealkylation sites (tertiary alicyclic amines) is 1. The predicted octanol–water partition coefficient (Wildman–Crippen LogP) is 4.01. The van der Waals surface area contributed by atoms with Gasteiger partial charge in [0, 0.05) is 18.3 Å². The van der Waals surface area contributed by atoms with Gasteiger partial charge in [-0.05, 0) is 45.4 Å². The molecule has 0 spiro atoms. The molecule has 1 fully saturated rings. The van der Waals surface area contributed by atoms with E-state index in [0.29, 0.717) is 30.0 Å². The molecule has 2 aromatic rings. The Bertz CT molecular complexity index is 912. The second-order valence-electron chi connectivity index (χ2n) is 7.57. The molecule has 1 amide bonds. The number of aromatic nitrogens is 1. The van der Waals surface area contributed by atoms with E-state index in [0.717, 1.165) is 6.42 Å². The summed E-state index contributed by atoms with van der Waals surface area (Å²) in [5.74, 6) is 5.88. The molecule has 1 aromatic carbocycles. The van der Waals surface area contributed by atoms with E-state index in [4.69, 9.17) is 9.47 Å². The molecule has 6 heteroatoms. The summed E-state index contributed by atoms with van der Waals surface area (Å²) >= 11 is 0. The summed E-state index contributed by atoms with van der Waals surface area (Å²) in [6, 6.07) is 8.08. The van der Waals surface area contributed by atoms with E-state index in [1.165, 1.54) is 6.07 Å². The number of ether oxygens (including phenoxy) is 2. The normalized spacial score (nSPS) is 15.9. The molecule has 2 heterocycles. The summed E-state index contributed by atoms with van der Waals surface area (Å²) in [6.45, 7) is 6.54. The van der Waals surface area contributed by atoms with Gasteiger partial charge in [0.25, 0.3) is 0 Å². The highest BCUT2D eigenvalue weighted by molar-refractivity contribution is 5.69. The highest BCUT2D eigenvalue weighted by Crippen LogP contribution is 2.22. The maximum Gasteiger partial charge on any atom is 0.410 e. The molecule has 0 saturated carbocycles. The summed E-state index contributed by atoms with van der Waals surface area (Å²) in [7, 11) is 0. The number of hydrogen-bond acceptors (Lipinski definition) is 4. The lowest BCUT2D eigenvalue weighted by Gasteiger charge is -2.40. The van der Waals surface area contributed by atoms with Crippen LogP contribution < -0.4 is 4.74 Å². The van der Waals surface area contributed by atoms with E-state index in [1.54, 1.807) is 41.6 Å². The quantitative estimate of drug-likeness (QED) is 0.753. The lowest BCUT2D eigenvalue weighted by atomic mass is 10.1. The van der Waals surface area contributed by atoms with E-state index in [9.17, 15) is 9.18 Å². The summed E-state index contributed by atoms with van der Waals surface area (Å²) in [6.07, 6.45) is 3.72. The van der Waals surface area contributed by atoms with Crippen molar-refractivity contribution in [3.8, 4) is 17.6 Å². The first-order valence-corrected chi connectivity index (χ1v) is 9.16. The van der Waals surface area contributed by atoms with Gasteiger partial charge >= 0.3 is 6.09 Å². The minimum atomic E-state index is -0.521. The molecule has 0 unspecified atom stereocenters. The Morgan fingerprint density at radius 3 is 2.75 bits per heavy atom. The van der Waals surface area contributed by atoms with Crippen LogP contribution in [0.15, 0.2) is 42.7 Å². The second-order valence-corrected chi connectivity index (χ2v) is 7.57. The predicted molar refractivity (Wildman–Crippen MR) is 103 cm³/mol. The zero-order chi connectivity index (χ0) is 20.1. The summed E-state index contributed by atoms with van der Waals surface area (Å²) < 4.78 is 24.8. The number of rotatable bonds is 3. The van der Waals surface area contributed by atoms with E-state index in [-0.39, 0.29) is 18.0 Å². The van der Waals surface area contributed by atoms with E-state index in [2.05, 4.69) is 16.8 Å². The minimum Gasteiger partial charge on any atom is -0.490 e. The van der Waals surface area contributed by atoms with E-state index in [1.807, 2.05) is 20.8 Å². The Balaban J connectivity index is 1.59. The zero-order valence-corrected chi connectivity index (χ0v) is 16.2. The van der Waals surface area contributed by atoms with E-state index >= 15 is 0 Å². The number of carbonyl (C=O) groups excluding carboxylic acids is 1. The van der Waals surface area contributed by atoms with Gasteiger partial charge in [0.15, 0.2) is 0 Å². The van der Waals surface area contributed by atoms with Gasteiger partial charge in [0.2, 0.25) is 0 Å². The molecule has 3 rings (SSSR count). The van der Waals surface area contributed by atoms with Crippen LogP contribution in [0.25, 0.3) is 0 Å². The Morgan fingerprint density at radius 1 is 1.29 bits per heavy atom. The largest absolute Gasteiger partial charge is 0.490 e. The van der Waals surface area contributed by atoms with Crippen LogP contribution in [-0.4, -0.2) is 40.8 Å². The average molecular weight is 382 g/mol. The summed E-state index contributed by atoms with van der Waals surface area (Å²) in [4.78, 5) is 17.9.